The van der Waals surface area contributed by atoms with Gasteiger partial charge < -0.3 is 9.47 Å². The van der Waals surface area contributed by atoms with E-state index < -0.39 is 0 Å². The molecular weight excluding hydrogens is 344 g/mol. The number of carbonyl (C=O) groups excluding carboxylic acids is 1. The summed E-state index contributed by atoms with van der Waals surface area (Å²) in [4.78, 5) is 24.2. The lowest BCUT2D eigenvalue weighted by molar-refractivity contribution is 0.0734. The normalized spacial score (nSPS) is 11.2. The fourth-order valence-electron chi connectivity index (χ4n) is 3.13. The van der Waals surface area contributed by atoms with Crippen LogP contribution in [0.25, 0.3) is 11.2 Å². The SMILES string of the molecule is CCCCCN(Cc1nc2cccnc2n1CCC)C(=O)c1ccsc1. The second kappa shape index (κ2) is 8.94. The predicted molar refractivity (Wildman–Crippen MR) is 106 cm³/mol. The van der Waals surface area contributed by atoms with Gasteiger partial charge in [0, 0.05) is 24.7 Å². The van der Waals surface area contributed by atoms with Gasteiger partial charge in [-0.05, 0) is 36.4 Å². The summed E-state index contributed by atoms with van der Waals surface area (Å²) in [6, 6.07) is 5.79. The van der Waals surface area contributed by atoms with E-state index in [1.807, 2.05) is 33.9 Å². The molecule has 3 rings (SSSR count). The van der Waals surface area contributed by atoms with Crippen LogP contribution in [-0.4, -0.2) is 31.9 Å². The molecule has 0 unspecified atom stereocenters. The number of aromatic nitrogens is 3. The Bertz CT molecular complexity index is 841. The Morgan fingerprint density at radius 2 is 2.12 bits per heavy atom. The zero-order valence-electron chi connectivity index (χ0n) is 15.5. The minimum absolute atomic E-state index is 0.0883. The van der Waals surface area contributed by atoms with Crippen molar-refractivity contribution in [1.29, 1.82) is 0 Å². The van der Waals surface area contributed by atoms with Gasteiger partial charge in [-0.2, -0.15) is 11.3 Å². The highest BCUT2D eigenvalue weighted by atomic mass is 32.1. The van der Waals surface area contributed by atoms with Gasteiger partial charge in [0.2, 0.25) is 0 Å². The highest BCUT2D eigenvalue weighted by Crippen LogP contribution is 2.18. The number of unbranched alkanes of at least 4 members (excludes halogenated alkanes) is 2. The average Bonchev–Trinajstić information content (AvgIpc) is 3.30. The molecule has 0 bridgehead atoms. The van der Waals surface area contributed by atoms with E-state index in [1.54, 1.807) is 17.5 Å². The molecule has 0 aliphatic heterocycles. The van der Waals surface area contributed by atoms with Crippen molar-refractivity contribution in [2.45, 2.75) is 52.6 Å². The van der Waals surface area contributed by atoms with Gasteiger partial charge in [-0.3, -0.25) is 4.79 Å². The Morgan fingerprint density at radius 1 is 1.23 bits per heavy atom. The molecule has 0 saturated heterocycles. The molecule has 5 nitrogen and oxygen atoms in total. The number of pyridine rings is 1. The fourth-order valence-corrected chi connectivity index (χ4v) is 3.76. The topological polar surface area (TPSA) is 51.0 Å². The number of aryl methyl sites for hydroxylation is 1. The molecular formula is C20H26N4OS. The molecule has 0 spiro atoms. The molecule has 0 aliphatic rings. The molecule has 3 aromatic rings. The van der Waals surface area contributed by atoms with Crippen molar-refractivity contribution in [3.05, 3.63) is 46.5 Å². The summed E-state index contributed by atoms with van der Waals surface area (Å²) in [6.07, 6.45) is 6.08. The molecule has 3 heterocycles. The number of amides is 1. The second-order valence-electron chi connectivity index (χ2n) is 6.47. The van der Waals surface area contributed by atoms with Crippen molar-refractivity contribution in [3.63, 3.8) is 0 Å². The first-order chi connectivity index (χ1) is 12.7. The Morgan fingerprint density at radius 3 is 2.85 bits per heavy atom. The lowest BCUT2D eigenvalue weighted by Crippen LogP contribution is -2.32. The van der Waals surface area contributed by atoms with Crippen LogP contribution < -0.4 is 0 Å². The zero-order chi connectivity index (χ0) is 18.4. The van der Waals surface area contributed by atoms with Crippen molar-refractivity contribution >= 4 is 28.4 Å². The number of carbonyl (C=O) groups is 1. The average molecular weight is 371 g/mol. The molecule has 0 aliphatic carbocycles. The molecule has 0 saturated carbocycles. The lowest BCUT2D eigenvalue weighted by Gasteiger charge is -2.22. The molecule has 0 radical (unpaired) electrons. The van der Waals surface area contributed by atoms with Crippen LogP contribution >= 0.6 is 11.3 Å². The maximum atomic E-state index is 13.0. The van der Waals surface area contributed by atoms with Gasteiger partial charge in [0.05, 0.1) is 12.1 Å². The molecule has 0 aromatic carbocycles. The molecule has 1 amide bonds. The molecule has 6 heteroatoms. The number of hydrogen-bond donors (Lipinski definition) is 0. The van der Waals surface area contributed by atoms with Crippen molar-refractivity contribution in [2.24, 2.45) is 0 Å². The molecule has 138 valence electrons. The third-order valence-electron chi connectivity index (χ3n) is 4.45. The van der Waals surface area contributed by atoms with Crippen LogP contribution in [0.15, 0.2) is 35.2 Å². The van der Waals surface area contributed by atoms with Gasteiger partial charge in [0.25, 0.3) is 5.91 Å². The third kappa shape index (κ3) is 4.12. The molecule has 0 N–H and O–H groups in total. The van der Waals surface area contributed by atoms with Crippen molar-refractivity contribution in [3.8, 4) is 0 Å². The van der Waals surface area contributed by atoms with Crippen LogP contribution in [0.5, 0.6) is 0 Å². The van der Waals surface area contributed by atoms with E-state index in [9.17, 15) is 4.79 Å². The Hall–Kier alpha value is -2.21. The lowest BCUT2D eigenvalue weighted by atomic mass is 10.2. The quantitative estimate of drug-likeness (QED) is 0.511. The van der Waals surface area contributed by atoms with E-state index in [1.165, 1.54) is 0 Å². The first-order valence-electron chi connectivity index (χ1n) is 9.36. The van der Waals surface area contributed by atoms with Crippen LogP contribution in [0.1, 0.15) is 55.7 Å². The van der Waals surface area contributed by atoms with Crippen LogP contribution in [0.3, 0.4) is 0 Å². The van der Waals surface area contributed by atoms with Gasteiger partial charge in [-0.1, -0.05) is 26.7 Å². The van der Waals surface area contributed by atoms with E-state index in [-0.39, 0.29) is 5.91 Å². The highest BCUT2D eigenvalue weighted by molar-refractivity contribution is 7.08. The van der Waals surface area contributed by atoms with E-state index >= 15 is 0 Å². The summed E-state index contributed by atoms with van der Waals surface area (Å²) in [5.41, 5.74) is 2.57. The summed E-state index contributed by atoms with van der Waals surface area (Å²) in [5, 5.41) is 3.87. The zero-order valence-corrected chi connectivity index (χ0v) is 16.3. The van der Waals surface area contributed by atoms with Crippen molar-refractivity contribution < 1.29 is 4.79 Å². The molecule has 0 fully saturated rings. The number of hydrogen-bond acceptors (Lipinski definition) is 4. The van der Waals surface area contributed by atoms with E-state index in [2.05, 4.69) is 23.4 Å². The first kappa shape index (κ1) is 18.6. The van der Waals surface area contributed by atoms with E-state index in [0.29, 0.717) is 6.54 Å². The van der Waals surface area contributed by atoms with Gasteiger partial charge in [-0.25, -0.2) is 9.97 Å². The highest BCUT2D eigenvalue weighted by Gasteiger charge is 2.20. The summed E-state index contributed by atoms with van der Waals surface area (Å²) in [5.74, 6) is 1.01. The van der Waals surface area contributed by atoms with Crippen molar-refractivity contribution in [2.75, 3.05) is 6.54 Å². The second-order valence-corrected chi connectivity index (χ2v) is 7.25. The molecule has 26 heavy (non-hydrogen) atoms. The van der Waals surface area contributed by atoms with Crippen LogP contribution in [0.4, 0.5) is 0 Å². The van der Waals surface area contributed by atoms with Crippen LogP contribution in [-0.2, 0) is 13.1 Å². The Labute approximate surface area is 158 Å². The number of nitrogens with zero attached hydrogens (tertiary/aromatic N) is 4. The van der Waals surface area contributed by atoms with E-state index in [0.717, 1.165) is 61.3 Å². The van der Waals surface area contributed by atoms with Gasteiger partial charge in [0.1, 0.15) is 11.3 Å². The largest absolute Gasteiger partial charge is 0.331 e. The van der Waals surface area contributed by atoms with Gasteiger partial charge >= 0.3 is 0 Å². The minimum atomic E-state index is 0.0883. The monoisotopic (exact) mass is 370 g/mol. The Kier molecular flexibility index (Phi) is 6.39. The molecule has 0 atom stereocenters. The standard InChI is InChI=1S/C20H26N4OS/c1-3-5-6-12-23(20(25)16-9-13-26-15-16)14-18-22-17-8-7-10-21-19(17)24(18)11-4-2/h7-10,13,15H,3-6,11-12,14H2,1-2H3. The first-order valence-corrected chi connectivity index (χ1v) is 10.3. The number of rotatable bonds is 9. The minimum Gasteiger partial charge on any atom is -0.331 e. The van der Waals surface area contributed by atoms with Gasteiger partial charge in [0.15, 0.2) is 5.65 Å². The fraction of sp³-hybridized carbons (Fsp3) is 0.450. The van der Waals surface area contributed by atoms with Gasteiger partial charge in [-0.15, -0.1) is 0 Å². The number of imidazole rings is 1. The number of fused-ring (bicyclic) bond motifs is 1. The predicted octanol–water partition coefficient (Wildman–Crippen LogP) is 4.74. The summed E-state index contributed by atoms with van der Waals surface area (Å²) in [6.45, 7) is 6.46. The maximum Gasteiger partial charge on any atom is 0.255 e. The summed E-state index contributed by atoms with van der Waals surface area (Å²) in [7, 11) is 0. The van der Waals surface area contributed by atoms with Crippen molar-refractivity contribution in [1.82, 2.24) is 19.4 Å². The summed E-state index contributed by atoms with van der Waals surface area (Å²) >= 11 is 1.56. The van der Waals surface area contributed by atoms with E-state index in [4.69, 9.17) is 4.98 Å². The van der Waals surface area contributed by atoms with Crippen LogP contribution in [0.2, 0.25) is 0 Å². The molecule has 3 aromatic heterocycles. The summed E-state index contributed by atoms with van der Waals surface area (Å²) < 4.78 is 2.16. The Balaban J connectivity index is 1.89. The third-order valence-corrected chi connectivity index (χ3v) is 5.13. The smallest absolute Gasteiger partial charge is 0.255 e. The number of thiophene rings is 1. The van der Waals surface area contributed by atoms with Crippen LogP contribution in [0, 0.1) is 0 Å². The maximum absolute atomic E-state index is 13.0.